The summed E-state index contributed by atoms with van der Waals surface area (Å²) in [5.74, 6) is 5.02. The van der Waals surface area contributed by atoms with Gasteiger partial charge in [-0.05, 0) is 36.2 Å². The van der Waals surface area contributed by atoms with Crippen LogP contribution in [-0.4, -0.2) is 47.5 Å². The number of para-hydroxylation sites is 1. The van der Waals surface area contributed by atoms with Crippen molar-refractivity contribution in [3.05, 3.63) is 70.0 Å². The molecule has 2 aromatic carbocycles. The number of carbonyl (C=O) groups excluding carboxylic acids is 2. The number of hydrazine groups is 1. The standard InChI is InChI=1S/C23H29ClN4O4/c1-5-18(15-8-6-9-16(24)12-15)26-19(13-29)21(14(2)30)28(25)20-11-7-10-17(22(20)31)23(32)27(3)4/h6-12,18,26,29,31H,5,13,25H2,1-4H3/b21-19-. The van der Waals surface area contributed by atoms with Crippen molar-refractivity contribution >= 4 is 29.0 Å². The lowest BCUT2D eigenvalue weighted by Gasteiger charge is -2.27. The maximum Gasteiger partial charge on any atom is 0.257 e. The first-order valence-corrected chi connectivity index (χ1v) is 10.5. The van der Waals surface area contributed by atoms with Crippen LogP contribution in [0.5, 0.6) is 5.75 Å². The van der Waals surface area contributed by atoms with Crippen molar-refractivity contribution in [2.75, 3.05) is 25.7 Å². The summed E-state index contributed by atoms with van der Waals surface area (Å²) in [4.78, 5) is 26.2. The van der Waals surface area contributed by atoms with Crippen molar-refractivity contribution in [3.8, 4) is 5.75 Å². The molecule has 8 nitrogen and oxygen atoms in total. The van der Waals surface area contributed by atoms with Gasteiger partial charge < -0.3 is 20.4 Å². The van der Waals surface area contributed by atoms with Crippen LogP contribution < -0.4 is 16.2 Å². The van der Waals surface area contributed by atoms with Gasteiger partial charge in [0.2, 0.25) is 0 Å². The first-order valence-electron chi connectivity index (χ1n) is 10.1. The van der Waals surface area contributed by atoms with E-state index >= 15 is 0 Å². The van der Waals surface area contributed by atoms with E-state index in [0.717, 1.165) is 10.6 Å². The van der Waals surface area contributed by atoms with E-state index in [1.807, 2.05) is 19.1 Å². The van der Waals surface area contributed by atoms with E-state index in [1.54, 1.807) is 32.3 Å². The number of amides is 1. The van der Waals surface area contributed by atoms with Crippen LogP contribution in [-0.2, 0) is 4.79 Å². The zero-order chi connectivity index (χ0) is 24.0. The normalized spacial score (nSPS) is 12.6. The number of hydrogen-bond acceptors (Lipinski definition) is 7. The molecular weight excluding hydrogens is 432 g/mol. The Labute approximate surface area is 192 Å². The highest BCUT2D eigenvalue weighted by Gasteiger charge is 2.25. The summed E-state index contributed by atoms with van der Waals surface area (Å²) in [6.45, 7) is 2.75. The van der Waals surface area contributed by atoms with Gasteiger partial charge in [-0.15, -0.1) is 0 Å². The van der Waals surface area contributed by atoms with E-state index in [-0.39, 0.29) is 34.4 Å². The molecule has 0 aliphatic heterocycles. The van der Waals surface area contributed by atoms with E-state index in [4.69, 9.17) is 17.4 Å². The third-order valence-corrected chi connectivity index (χ3v) is 5.17. The van der Waals surface area contributed by atoms with Crippen LogP contribution in [0, 0.1) is 0 Å². The molecule has 2 rings (SSSR count). The maximum atomic E-state index is 12.5. The molecule has 0 fully saturated rings. The van der Waals surface area contributed by atoms with Crippen molar-refractivity contribution in [2.45, 2.75) is 26.3 Å². The van der Waals surface area contributed by atoms with E-state index in [9.17, 15) is 19.8 Å². The Balaban J connectivity index is 2.53. The minimum atomic E-state index is -0.503. The molecule has 1 amide bonds. The van der Waals surface area contributed by atoms with Gasteiger partial charge in [0.05, 0.1) is 23.9 Å². The van der Waals surface area contributed by atoms with E-state index in [2.05, 4.69) is 5.32 Å². The van der Waals surface area contributed by atoms with E-state index in [0.29, 0.717) is 11.4 Å². The number of Topliss-reactive ketones (excluding diaryl/α,β-unsaturated/α-hetero) is 1. The van der Waals surface area contributed by atoms with Gasteiger partial charge in [0.1, 0.15) is 11.4 Å². The molecule has 0 saturated heterocycles. The fourth-order valence-corrected chi connectivity index (χ4v) is 3.53. The van der Waals surface area contributed by atoms with Crippen LogP contribution in [0.15, 0.2) is 53.9 Å². The molecule has 32 heavy (non-hydrogen) atoms. The molecule has 0 saturated carbocycles. The number of aliphatic hydroxyl groups excluding tert-OH is 1. The Morgan fingerprint density at radius 1 is 1.19 bits per heavy atom. The van der Waals surface area contributed by atoms with Gasteiger partial charge in [-0.2, -0.15) is 0 Å². The fourth-order valence-electron chi connectivity index (χ4n) is 3.33. The fraction of sp³-hybridized carbons (Fsp3) is 0.304. The highest BCUT2D eigenvalue weighted by molar-refractivity contribution is 6.30. The Morgan fingerprint density at radius 2 is 1.84 bits per heavy atom. The number of halogens is 1. The number of rotatable bonds is 9. The molecule has 172 valence electrons. The second-order valence-electron chi connectivity index (χ2n) is 7.44. The number of nitrogens with zero attached hydrogens (tertiary/aromatic N) is 2. The number of carbonyl (C=O) groups is 2. The Bertz CT molecular complexity index is 1020. The second kappa shape index (κ2) is 11.0. The average Bonchev–Trinajstić information content (AvgIpc) is 2.75. The minimum Gasteiger partial charge on any atom is -0.505 e. The predicted molar refractivity (Wildman–Crippen MR) is 125 cm³/mol. The van der Waals surface area contributed by atoms with E-state index in [1.165, 1.54) is 24.0 Å². The van der Waals surface area contributed by atoms with Crippen molar-refractivity contribution in [1.82, 2.24) is 10.2 Å². The monoisotopic (exact) mass is 460 g/mol. The van der Waals surface area contributed by atoms with Crippen molar-refractivity contribution in [1.29, 1.82) is 0 Å². The summed E-state index contributed by atoms with van der Waals surface area (Å²) in [7, 11) is 3.12. The molecule has 0 aromatic heterocycles. The molecule has 0 aliphatic carbocycles. The zero-order valence-electron chi connectivity index (χ0n) is 18.6. The van der Waals surface area contributed by atoms with Crippen LogP contribution in [0.1, 0.15) is 42.2 Å². The highest BCUT2D eigenvalue weighted by Crippen LogP contribution is 2.33. The maximum absolute atomic E-state index is 12.5. The SMILES string of the molecule is CCC(N/C(CO)=C(/C(C)=O)N(N)c1cccc(C(=O)N(C)C)c1O)c1cccc(Cl)c1. The molecule has 0 spiro atoms. The number of allylic oxidation sites excluding steroid dienone is 1. The Hall–Kier alpha value is -3.07. The van der Waals surface area contributed by atoms with E-state index < -0.39 is 18.3 Å². The summed E-state index contributed by atoms with van der Waals surface area (Å²) >= 11 is 6.11. The summed E-state index contributed by atoms with van der Waals surface area (Å²) in [6, 6.07) is 11.5. The summed E-state index contributed by atoms with van der Waals surface area (Å²) < 4.78 is 0. The van der Waals surface area contributed by atoms with Crippen molar-refractivity contribution in [2.24, 2.45) is 5.84 Å². The molecule has 2 aromatic rings. The number of ketones is 1. The first kappa shape index (κ1) is 25.2. The number of nitrogens with one attached hydrogen (secondary N) is 1. The lowest BCUT2D eigenvalue weighted by molar-refractivity contribution is -0.113. The third-order valence-electron chi connectivity index (χ3n) is 4.94. The number of hydrogen-bond donors (Lipinski definition) is 4. The summed E-state index contributed by atoms with van der Waals surface area (Å²) in [5, 5.41) is 25.5. The Morgan fingerprint density at radius 3 is 2.38 bits per heavy atom. The lowest BCUT2D eigenvalue weighted by Crippen LogP contribution is -2.38. The van der Waals surface area contributed by atoms with Gasteiger partial charge in [-0.3, -0.25) is 14.6 Å². The first-order chi connectivity index (χ1) is 15.1. The molecule has 1 unspecified atom stereocenters. The number of aromatic hydroxyl groups is 1. The molecule has 9 heteroatoms. The minimum absolute atomic E-state index is 0.0368. The predicted octanol–water partition coefficient (Wildman–Crippen LogP) is 2.96. The molecule has 0 bridgehead atoms. The smallest absolute Gasteiger partial charge is 0.257 e. The molecular formula is C23H29ClN4O4. The van der Waals surface area contributed by atoms with Crippen molar-refractivity contribution in [3.63, 3.8) is 0 Å². The van der Waals surface area contributed by atoms with Crippen LogP contribution in [0.4, 0.5) is 5.69 Å². The number of phenols is 1. The van der Waals surface area contributed by atoms with Gasteiger partial charge in [0.15, 0.2) is 11.5 Å². The quantitative estimate of drug-likeness (QED) is 0.258. The molecule has 0 radical (unpaired) electrons. The average molecular weight is 461 g/mol. The second-order valence-corrected chi connectivity index (χ2v) is 7.88. The van der Waals surface area contributed by atoms with Gasteiger partial charge >= 0.3 is 0 Å². The summed E-state index contributed by atoms with van der Waals surface area (Å²) in [6.07, 6.45) is 0.637. The summed E-state index contributed by atoms with van der Waals surface area (Å²) in [5.41, 5.74) is 1.09. The Kier molecular flexibility index (Phi) is 8.65. The van der Waals surface area contributed by atoms with Crippen molar-refractivity contribution < 1.29 is 19.8 Å². The number of aliphatic hydroxyl groups is 1. The number of benzene rings is 2. The van der Waals surface area contributed by atoms with Crippen LogP contribution >= 0.6 is 11.6 Å². The molecule has 0 heterocycles. The lowest BCUT2D eigenvalue weighted by atomic mass is 10.0. The van der Waals surface area contributed by atoms with Crippen LogP contribution in [0.25, 0.3) is 0 Å². The van der Waals surface area contributed by atoms with Gasteiger partial charge in [-0.1, -0.05) is 36.7 Å². The molecule has 5 N–H and O–H groups in total. The zero-order valence-corrected chi connectivity index (χ0v) is 19.3. The van der Waals surface area contributed by atoms with Gasteiger partial charge in [0, 0.05) is 26.0 Å². The molecule has 1 atom stereocenters. The largest absolute Gasteiger partial charge is 0.505 e. The van der Waals surface area contributed by atoms with Gasteiger partial charge in [-0.25, -0.2) is 5.84 Å². The highest BCUT2D eigenvalue weighted by atomic mass is 35.5. The number of nitrogens with two attached hydrogens (primary N) is 1. The van der Waals surface area contributed by atoms with Crippen LogP contribution in [0.3, 0.4) is 0 Å². The number of phenolic OH excluding ortho intramolecular Hbond substituents is 1. The number of anilines is 1. The van der Waals surface area contributed by atoms with Crippen LogP contribution in [0.2, 0.25) is 5.02 Å². The third kappa shape index (κ3) is 5.59. The van der Waals surface area contributed by atoms with Gasteiger partial charge in [0.25, 0.3) is 5.91 Å². The molecule has 0 aliphatic rings. The topological polar surface area (TPSA) is 119 Å².